The maximum Gasteiger partial charge on any atom is 0.309 e. The summed E-state index contributed by atoms with van der Waals surface area (Å²) in [6.07, 6.45) is 3.86. The topological polar surface area (TPSA) is 137 Å². The zero-order valence-corrected chi connectivity index (χ0v) is 31.1. The van der Waals surface area contributed by atoms with Crippen LogP contribution in [0.15, 0.2) is 40.8 Å². The van der Waals surface area contributed by atoms with E-state index < -0.39 is 11.4 Å². The van der Waals surface area contributed by atoms with Gasteiger partial charge in [-0.15, -0.1) is 0 Å². The minimum absolute atomic E-state index is 0.0664. The average molecular weight is 708 g/mol. The van der Waals surface area contributed by atoms with E-state index in [1.165, 1.54) is 0 Å². The molecule has 0 bridgehead atoms. The van der Waals surface area contributed by atoms with Gasteiger partial charge in [0.05, 0.1) is 30.7 Å². The Kier molecular flexibility index (Phi) is 9.56. The molecule has 0 atom stereocenters. The van der Waals surface area contributed by atoms with Gasteiger partial charge in [0.1, 0.15) is 11.5 Å². The first-order chi connectivity index (χ1) is 24.9. The van der Waals surface area contributed by atoms with E-state index in [0.717, 1.165) is 83.0 Å². The summed E-state index contributed by atoms with van der Waals surface area (Å²) in [5.74, 6) is 0.762. The Morgan fingerprint density at radius 1 is 0.981 bits per heavy atom. The zero-order valence-electron chi connectivity index (χ0n) is 31.1. The maximum absolute atomic E-state index is 13.8. The number of aliphatic carboxylic acids is 1. The summed E-state index contributed by atoms with van der Waals surface area (Å²) in [7, 11) is 3.84. The first-order valence-corrected chi connectivity index (χ1v) is 18.3. The molecule has 0 unspecified atom stereocenters. The number of fused-ring (bicyclic) bond motifs is 2. The van der Waals surface area contributed by atoms with Gasteiger partial charge in [-0.25, -0.2) is 9.97 Å². The van der Waals surface area contributed by atoms with Crippen LogP contribution < -0.4 is 5.32 Å². The molecule has 274 valence electrons. The molecule has 4 aromatic rings. The second kappa shape index (κ2) is 14.0. The van der Waals surface area contributed by atoms with E-state index in [2.05, 4.69) is 29.3 Å². The summed E-state index contributed by atoms with van der Waals surface area (Å²) in [6, 6.07) is 12.3. The minimum Gasteiger partial charge on any atom is -0.481 e. The number of likely N-dealkylation sites (N-methyl/N-ethyl adjacent to an activating group) is 1. The number of nitrogens with one attached hydrogen (secondary N) is 1. The van der Waals surface area contributed by atoms with Crippen molar-refractivity contribution in [1.29, 1.82) is 0 Å². The van der Waals surface area contributed by atoms with Crippen molar-refractivity contribution in [2.45, 2.75) is 85.5 Å². The lowest BCUT2D eigenvalue weighted by atomic mass is 9.73. The second-order valence-electron chi connectivity index (χ2n) is 15.1. The Morgan fingerprint density at radius 2 is 1.67 bits per heavy atom. The van der Waals surface area contributed by atoms with Crippen molar-refractivity contribution >= 4 is 23.5 Å². The smallest absolute Gasteiger partial charge is 0.309 e. The van der Waals surface area contributed by atoms with Crippen LogP contribution in [-0.4, -0.2) is 84.8 Å². The molecule has 7 rings (SSSR count). The summed E-state index contributed by atoms with van der Waals surface area (Å²) in [4.78, 5) is 54.1. The van der Waals surface area contributed by atoms with Gasteiger partial charge in [-0.3, -0.25) is 24.2 Å². The molecule has 4 heterocycles. The molecule has 0 radical (unpaired) electrons. The van der Waals surface area contributed by atoms with Crippen molar-refractivity contribution < 1.29 is 23.9 Å². The number of anilines is 1. The first-order valence-electron chi connectivity index (χ1n) is 18.3. The standard InChI is InChI=1S/C40H49N7O5/c1-7-44(5)23-35(48)47-21-32-34(22-47)52-38(43-32)29-12-8-10-27(24(29)2)28-11-9-13-30(25(28)3)42-37(49)36-41-31-20-46(19-16-33(31)45(36)6)26-14-17-40(4,18-15-26)39(50)51/h8-13,26H,7,14-23H2,1-6H3,(H,42,49)(H,50,51). The summed E-state index contributed by atoms with van der Waals surface area (Å²) < 4.78 is 8.17. The number of benzene rings is 2. The molecule has 3 aliphatic rings. The number of oxazole rings is 1. The number of nitrogens with zero attached hydrogens (tertiary/aromatic N) is 6. The molecular weight excluding hydrogens is 658 g/mol. The van der Waals surface area contributed by atoms with Crippen molar-refractivity contribution in [3.63, 3.8) is 0 Å². The van der Waals surface area contributed by atoms with Gasteiger partial charge in [0.2, 0.25) is 11.8 Å². The molecular formula is C40H49N7O5. The fourth-order valence-electron chi connectivity index (χ4n) is 8.06. The van der Waals surface area contributed by atoms with Gasteiger partial charge in [0.15, 0.2) is 5.82 Å². The van der Waals surface area contributed by atoms with Crippen LogP contribution in [0.1, 0.15) is 84.1 Å². The molecule has 1 fully saturated rings. The Labute approximate surface area is 304 Å². The molecule has 2 aromatic heterocycles. The fourth-order valence-corrected chi connectivity index (χ4v) is 8.06. The SMILES string of the molecule is CCN(C)CC(=O)N1Cc2nc(-c3cccc(-c4cccc(NC(=O)c5nc6c(n5C)CCN(C5CCC(C)(C(=O)O)CC5)C6)c4C)c3C)oc2C1. The molecule has 2 aromatic carbocycles. The van der Waals surface area contributed by atoms with Crippen molar-refractivity contribution in [3.8, 4) is 22.6 Å². The average Bonchev–Trinajstić information content (AvgIpc) is 3.81. The van der Waals surface area contributed by atoms with E-state index in [4.69, 9.17) is 14.4 Å². The molecule has 0 saturated heterocycles. The number of hydrogen-bond donors (Lipinski definition) is 2. The predicted molar refractivity (Wildman–Crippen MR) is 198 cm³/mol. The third-order valence-electron chi connectivity index (χ3n) is 11.8. The van der Waals surface area contributed by atoms with Gasteiger partial charge in [0.25, 0.3) is 5.91 Å². The third kappa shape index (κ3) is 6.54. The summed E-state index contributed by atoms with van der Waals surface area (Å²) >= 11 is 0. The molecule has 1 aliphatic carbocycles. The lowest BCUT2D eigenvalue weighted by molar-refractivity contribution is -0.150. The van der Waals surface area contributed by atoms with Gasteiger partial charge < -0.3 is 24.3 Å². The summed E-state index contributed by atoms with van der Waals surface area (Å²) in [5, 5.41) is 12.8. The number of carboxylic acids is 1. The number of carboxylic acid groups (broad SMARTS) is 1. The van der Waals surface area contributed by atoms with Crippen LogP contribution in [0.4, 0.5) is 5.69 Å². The summed E-state index contributed by atoms with van der Waals surface area (Å²) in [6.45, 7) is 11.5. The predicted octanol–water partition coefficient (Wildman–Crippen LogP) is 5.80. The Morgan fingerprint density at radius 3 is 2.37 bits per heavy atom. The highest BCUT2D eigenvalue weighted by atomic mass is 16.4. The van der Waals surface area contributed by atoms with Crippen LogP contribution >= 0.6 is 0 Å². The lowest BCUT2D eigenvalue weighted by Gasteiger charge is -2.41. The number of carbonyl (C=O) groups excluding carboxylic acids is 2. The number of amides is 2. The highest BCUT2D eigenvalue weighted by Gasteiger charge is 2.40. The Balaban J connectivity index is 1.05. The third-order valence-corrected chi connectivity index (χ3v) is 11.8. The van der Waals surface area contributed by atoms with E-state index in [1.807, 2.05) is 68.6 Å². The molecule has 1 saturated carbocycles. The first kappa shape index (κ1) is 35.6. The van der Waals surface area contributed by atoms with Gasteiger partial charge in [0, 0.05) is 49.5 Å². The van der Waals surface area contributed by atoms with E-state index in [1.54, 1.807) is 4.90 Å². The molecule has 0 spiro atoms. The Bertz CT molecular complexity index is 2020. The molecule has 12 nitrogen and oxygen atoms in total. The van der Waals surface area contributed by atoms with E-state index in [-0.39, 0.29) is 11.8 Å². The highest BCUT2D eigenvalue weighted by Crippen LogP contribution is 2.40. The number of hydrogen-bond acceptors (Lipinski definition) is 8. The van der Waals surface area contributed by atoms with Crippen molar-refractivity contribution in [3.05, 3.63) is 76.2 Å². The number of rotatable bonds is 9. The van der Waals surface area contributed by atoms with Crippen molar-refractivity contribution in [1.82, 2.24) is 29.2 Å². The van der Waals surface area contributed by atoms with E-state index >= 15 is 0 Å². The number of aromatic nitrogens is 3. The van der Waals surface area contributed by atoms with E-state index in [9.17, 15) is 19.5 Å². The molecule has 52 heavy (non-hydrogen) atoms. The monoisotopic (exact) mass is 707 g/mol. The van der Waals surface area contributed by atoms with Crippen LogP contribution in [0, 0.1) is 19.3 Å². The Hall–Kier alpha value is -4.81. The van der Waals surface area contributed by atoms with Crippen LogP contribution in [0.25, 0.3) is 22.6 Å². The van der Waals surface area contributed by atoms with Crippen molar-refractivity contribution in [2.75, 3.05) is 32.0 Å². The quantitative estimate of drug-likeness (QED) is 0.221. The zero-order chi connectivity index (χ0) is 36.9. The molecule has 12 heteroatoms. The fraction of sp³-hybridized carbons (Fsp3) is 0.475. The van der Waals surface area contributed by atoms with Gasteiger partial charge >= 0.3 is 5.97 Å². The molecule has 2 aliphatic heterocycles. The van der Waals surface area contributed by atoms with Crippen LogP contribution in [0.3, 0.4) is 0 Å². The van der Waals surface area contributed by atoms with Gasteiger partial charge in [-0.2, -0.15) is 0 Å². The van der Waals surface area contributed by atoms with Crippen LogP contribution in [0.5, 0.6) is 0 Å². The minimum atomic E-state index is -0.704. The van der Waals surface area contributed by atoms with Gasteiger partial charge in [-0.05, 0) is 94.4 Å². The van der Waals surface area contributed by atoms with Crippen molar-refractivity contribution in [2.24, 2.45) is 12.5 Å². The van der Waals surface area contributed by atoms with E-state index in [0.29, 0.717) is 62.5 Å². The number of imidazole rings is 1. The highest BCUT2D eigenvalue weighted by molar-refractivity contribution is 6.03. The second-order valence-corrected chi connectivity index (χ2v) is 15.1. The maximum atomic E-state index is 13.8. The summed E-state index contributed by atoms with van der Waals surface area (Å²) in [5.41, 5.74) is 7.72. The van der Waals surface area contributed by atoms with Crippen LogP contribution in [-0.2, 0) is 42.7 Å². The molecule has 2 N–H and O–H groups in total. The lowest BCUT2D eigenvalue weighted by Crippen LogP contribution is -2.44. The van der Waals surface area contributed by atoms with Crippen LogP contribution in [0.2, 0.25) is 0 Å². The normalized spacial score (nSPS) is 20.2. The van der Waals surface area contributed by atoms with Gasteiger partial charge in [-0.1, -0.05) is 31.2 Å². The number of carbonyl (C=O) groups is 3. The molecule has 2 amide bonds. The largest absolute Gasteiger partial charge is 0.481 e.